The highest BCUT2D eigenvalue weighted by molar-refractivity contribution is 6.42. The Hall–Kier alpha value is -0.280. The predicted molar refractivity (Wildman–Crippen MR) is 73.7 cm³/mol. The molecule has 1 N–H and O–H groups in total. The summed E-state index contributed by atoms with van der Waals surface area (Å²) in [5, 5.41) is 10.1. The molecule has 1 aromatic carbocycles. The Kier molecular flexibility index (Phi) is 6.28. The summed E-state index contributed by atoms with van der Waals surface area (Å²) in [5.74, 6) is 0. The van der Waals surface area contributed by atoms with E-state index in [0.29, 0.717) is 16.1 Å². The molecular weight excluding hydrogens is 257 g/mol. The van der Waals surface area contributed by atoms with Crippen LogP contribution in [0.2, 0.25) is 10.0 Å². The van der Waals surface area contributed by atoms with Gasteiger partial charge in [-0.15, -0.1) is 0 Å². The number of nitrogens with zero attached hydrogens (tertiary/aromatic N) is 1. The van der Waals surface area contributed by atoms with Crippen molar-refractivity contribution in [2.24, 2.45) is 0 Å². The van der Waals surface area contributed by atoms with Gasteiger partial charge in [-0.05, 0) is 38.0 Å². The van der Waals surface area contributed by atoms with Gasteiger partial charge in [0.1, 0.15) is 0 Å². The minimum absolute atomic E-state index is 0.227. The molecule has 0 unspecified atom stereocenters. The van der Waals surface area contributed by atoms with Crippen molar-refractivity contribution in [3.8, 4) is 0 Å². The van der Waals surface area contributed by atoms with E-state index >= 15 is 0 Å². The summed E-state index contributed by atoms with van der Waals surface area (Å²) in [4.78, 5) is 2.30. The molecule has 17 heavy (non-hydrogen) atoms. The van der Waals surface area contributed by atoms with Crippen molar-refractivity contribution in [2.45, 2.75) is 32.9 Å². The number of rotatable bonds is 6. The van der Waals surface area contributed by atoms with Crippen molar-refractivity contribution in [2.75, 3.05) is 13.2 Å². The molecule has 1 rings (SSSR count). The number of hydrogen-bond donors (Lipinski definition) is 1. The third-order valence-corrected chi connectivity index (χ3v) is 3.44. The second kappa shape index (κ2) is 7.22. The zero-order valence-corrected chi connectivity index (χ0v) is 11.8. The number of aliphatic hydroxyl groups excluding tert-OH is 1. The predicted octanol–water partition coefficient (Wildman–Crippen LogP) is 3.59. The second-order valence-electron chi connectivity index (χ2n) is 4.39. The van der Waals surface area contributed by atoms with Crippen LogP contribution in [0.25, 0.3) is 0 Å². The smallest absolute Gasteiger partial charge is 0.0595 e. The highest BCUT2D eigenvalue weighted by atomic mass is 35.5. The molecule has 0 atom stereocenters. The van der Waals surface area contributed by atoms with Crippen LogP contribution in [0.15, 0.2) is 18.2 Å². The zero-order valence-electron chi connectivity index (χ0n) is 10.3. The van der Waals surface area contributed by atoms with E-state index in [0.717, 1.165) is 25.1 Å². The van der Waals surface area contributed by atoms with Crippen LogP contribution < -0.4 is 0 Å². The maximum absolute atomic E-state index is 8.88. The highest BCUT2D eigenvalue weighted by Crippen LogP contribution is 2.23. The van der Waals surface area contributed by atoms with Crippen molar-refractivity contribution < 1.29 is 5.11 Å². The first-order chi connectivity index (χ1) is 8.04. The van der Waals surface area contributed by atoms with Gasteiger partial charge in [-0.25, -0.2) is 0 Å². The summed E-state index contributed by atoms with van der Waals surface area (Å²) in [7, 11) is 0. The van der Waals surface area contributed by atoms with Crippen LogP contribution in [0, 0.1) is 0 Å². The SMILES string of the molecule is CC(C)N(CCCO)Cc1ccc(Cl)c(Cl)c1. The van der Waals surface area contributed by atoms with Gasteiger partial charge in [0, 0.05) is 25.7 Å². The fourth-order valence-electron chi connectivity index (χ4n) is 1.67. The van der Waals surface area contributed by atoms with E-state index in [1.807, 2.05) is 18.2 Å². The molecule has 0 aliphatic heterocycles. The van der Waals surface area contributed by atoms with Crippen LogP contribution >= 0.6 is 23.2 Å². The summed E-state index contributed by atoms with van der Waals surface area (Å²) in [6.07, 6.45) is 0.791. The number of aliphatic hydroxyl groups is 1. The van der Waals surface area contributed by atoms with Crippen LogP contribution in [0.3, 0.4) is 0 Å². The Morgan fingerprint density at radius 2 is 1.94 bits per heavy atom. The van der Waals surface area contributed by atoms with Crippen LogP contribution in [-0.4, -0.2) is 29.2 Å². The van der Waals surface area contributed by atoms with Gasteiger partial charge in [0.15, 0.2) is 0 Å². The molecule has 0 saturated carbocycles. The average molecular weight is 276 g/mol. The van der Waals surface area contributed by atoms with E-state index < -0.39 is 0 Å². The van der Waals surface area contributed by atoms with E-state index in [1.165, 1.54) is 0 Å². The topological polar surface area (TPSA) is 23.5 Å². The van der Waals surface area contributed by atoms with E-state index in [4.69, 9.17) is 28.3 Å². The molecule has 96 valence electrons. The number of benzene rings is 1. The van der Waals surface area contributed by atoms with Gasteiger partial charge in [0.2, 0.25) is 0 Å². The Labute approximate surface area is 113 Å². The fraction of sp³-hybridized carbons (Fsp3) is 0.538. The fourth-order valence-corrected chi connectivity index (χ4v) is 1.99. The Morgan fingerprint density at radius 1 is 1.24 bits per heavy atom. The van der Waals surface area contributed by atoms with E-state index in [1.54, 1.807) is 0 Å². The standard InChI is InChI=1S/C13H19Cl2NO/c1-10(2)16(6-3-7-17)9-11-4-5-12(14)13(15)8-11/h4-5,8,10,17H,3,6-7,9H2,1-2H3. The first kappa shape index (κ1) is 14.8. The molecule has 4 heteroatoms. The van der Waals surface area contributed by atoms with Gasteiger partial charge in [0.05, 0.1) is 10.0 Å². The summed E-state index contributed by atoms with van der Waals surface area (Å²) >= 11 is 11.9. The Balaban J connectivity index is 2.68. The van der Waals surface area contributed by atoms with Crippen LogP contribution in [0.5, 0.6) is 0 Å². The summed E-state index contributed by atoms with van der Waals surface area (Å²) in [6.45, 7) is 6.23. The van der Waals surface area contributed by atoms with Gasteiger partial charge in [-0.3, -0.25) is 4.90 Å². The number of hydrogen-bond acceptors (Lipinski definition) is 2. The molecule has 0 saturated heterocycles. The van der Waals surface area contributed by atoms with Crippen LogP contribution in [-0.2, 0) is 6.54 Å². The van der Waals surface area contributed by atoms with Gasteiger partial charge < -0.3 is 5.11 Å². The lowest BCUT2D eigenvalue weighted by atomic mass is 10.2. The first-order valence-electron chi connectivity index (χ1n) is 5.83. The van der Waals surface area contributed by atoms with Gasteiger partial charge in [0.25, 0.3) is 0 Å². The quantitative estimate of drug-likeness (QED) is 0.858. The second-order valence-corrected chi connectivity index (χ2v) is 5.20. The zero-order chi connectivity index (χ0) is 12.8. The average Bonchev–Trinajstić information content (AvgIpc) is 2.28. The van der Waals surface area contributed by atoms with Crippen LogP contribution in [0.4, 0.5) is 0 Å². The first-order valence-corrected chi connectivity index (χ1v) is 6.59. The monoisotopic (exact) mass is 275 g/mol. The third kappa shape index (κ3) is 4.84. The molecule has 0 aromatic heterocycles. The molecule has 0 heterocycles. The van der Waals surface area contributed by atoms with Crippen molar-refractivity contribution in [1.82, 2.24) is 4.90 Å². The maximum atomic E-state index is 8.88. The maximum Gasteiger partial charge on any atom is 0.0595 e. The minimum atomic E-state index is 0.227. The molecule has 2 nitrogen and oxygen atoms in total. The van der Waals surface area contributed by atoms with Gasteiger partial charge in [-0.2, -0.15) is 0 Å². The highest BCUT2D eigenvalue weighted by Gasteiger charge is 2.10. The van der Waals surface area contributed by atoms with Gasteiger partial charge >= 0.3 is 0 Å². The summed E-state index contributed by atoms with van der Waals surface area (Å²) in [6, 6.07) is 6.15. The summed E-state index contributed by atoms with van der Waals surface area (Å²) < 4.78 is 0. The van der Waals surface area contributed by atoms with E-state index in [2.05, 4.69) is 18.7 Å². The van der Waals surface area contributed by atoms with Crippen molar-refractivity contribution in [3.63, 3.8) is 0 Å². The third-order valence-electron chi connectivity index (χ3n) is 2.70. The number of halogens is 2. The summed E-state index contributed by atoms with van der Waals surface area (Å²) in [5.41, 5.74) is 1.14. The molecule has 0 amide bonds. The molecule has 0 aliphatic rings. The molecular formula is C13H19Cl2NO. The van der Waals surface area contributed by atoms with E-state index in [9.17, 15) is 0 Å². The normalized spacial score (nSPS) is 11.5. The lowest BCUT2D eigenvalue weighted by Gasteiger charge is -2.26. The lowest BCUT2D eigenvalue weighted by Crippen LogP contribution is -2.31. The molecule has 1 aromatic rings. The molecule has 0 aliphatic carbocycles. The largest absolute Gasteiger partial charge is 0.396 e. The Morgan fingerprint density at radius 3 is 2.47 bits per heavy atom. The molecule has 0 radical (unpaired) electrons. The Bertz CT molecular complexity index is 355. The molecule has 0 bridgehead atoms. The molecule has 0 spiro atoms. The van der Waals surface area contributed by atoms with E-state index in [-0.39, 0.29) is 6.61 Å². The lowest BCUT2D eigenvalue weighted by molar-refractivity contribution is 0.185. The van der Waals surface area contributed by atoms with Crippen molar-refractivity contribution in [1.29, 1.82) is 0 Å². The van der Waals surface area contributed by atoms with Gasteiger partial charge in [-0.1, -0.05) is 29.3 Å². The van der Waals surface area contributed by atoms with Crippen molar-refractivity contribution >= 4 is 23.2 Å². The van der Waals surface area contributed by atoms with Crippen molar-refractivity contribution in [3.05, 3.63) is 33.8 Å². The van der Waals surface area contributed by atoms with Crippen LogP contribution in [0.1, 0.15) is 25.8 Å². The molecule has 0 fully saturated rings. The minimum Gasteiger partial charge on any atom is -0.396 e.